The highest BCUT2D eigenvalue weighted by Crippen LogP contribution is 2.34. The second kappa shape index (κ2) is 6.11. The summed E-state index contributed by atoms with van der Waals surface area (Å²) in [6.07, 6.45) is 7.93. The minimum atomic E-state index is 0.221. The molecule has 23 heavy (non-hydrogen) atoms. The minimum Gasteiger partial charge on any atom is -0.264 e. The summed E-state index contributed by atoms with van der Waals surface area (Å²) < 4.78 is 0. The summed E-state index contributed by atoms with van der Waals surface area (Å²) in [4.78, 5) is 8.89. The summed E-state index contributed by atoms with van der Waals surface area (Å²) >= 11 is 0. The van der Waals surface area contributed by atoms with Gasteiger partial charge in [0.05, 0.1) is 5.69 Å². The molecule has 0 saturated carbocycles. The second-order valence-corrected chi connectivity index (χ2v) is 6.65. The van der Waals surface area contributed by atoms with Gasteiger partial charge in [0.25, 0.3) is 0 Å². The minimum absolute atomic E-state index is 0.221. The molecule has 2 nitrogen and oxygen atoms in total. The van der Waals surface area contributed by atoms with Crippen LogP contribution in [0.3, 0.4) is 0 Å². The first-order valence-corrected chi connectivity index (χ1v) is 8.38. The molecule has 0 bridgehead atoms. The predicted molar refractivity (Wildman–Crippen MR) is 97.6 cm³/mol. The van der Waals surface area contributed by atoms with E-state index < -0.39 is 0 Å². The van der Waals surface area contributed by atoms with Crippen molar-refractivity contribution in [1.82, 2.24) is 9.97 Å². The van der Waals surface area contributed by atoms with Crippen LogP contribution in [0.2, 0.25) is 0 Å². The number of fused-ring (bicyclic) bond motifs is 1. The molecule has 0 saturated heterocycles. The van der Waals surface area contributed by atoms with Crippen LogP contribution in [-0.4, -0.2) is 9.97 Å². The molecular formula is C21H24N2. The Kier molecular flexibility index (Phi) is 4.16. The van der Waals surface area contributed by atoms with Crippen LogP contribution in [0.15, 0.2) is 48.9 Å². The van der Waals surface area contributed by atoms with Gasteiger partial charge in [0, 0.05) is 34.9 Å². The fraction of sp³-hybridized carbons (Fsp3) is 0.333. The molecule has 3 aromatic rings. The molecule has 0 aliphatic carbocycles. The summed E-state index contributed by atoms with van der Waals surface area (Å²) in [5.41, 5.74) is 5.13. The van der Waals surface area contributed by atoms with E-state index >= 15 is 0 Å². The van der Waals surface area contributed by atoms with Crippen molar-refractivity contribution in [2.24, 2.45) is 0 Å². The lowest BCUT2D eigenvalue weighted by Gasteiger charge is -2.28. The van der Waals surface area contributed by atoms with Gasteiger partial charge in [-0.25, -0.2) is 0 Å². The number of aromatic nitrogens is 2. The lowest BCUT2D eigenvalue weighted by molar-refractivity contribution is 0.439. The molecule has 2 heteroatoms. The van der Waals surface area contributed by atoms with Crippen LogP contribution < -0.4 is 0 Å². The topological polar surface area (TPSA) is 25.8 Å². The molecule has 0 amide bonds. The van der Waals surface area contributed by atoms with Crippen molar-refractivity contribution in [3.05, 3.63) is 60.0 Å². The van der Waals surface area contributed by atoms with Crippen molar-refractivity contribution in [2.75, 3.05) is 0 Å². The monoisotopic (exact) mass is 304 g/mol. The van der Waals surface area contributed by atoms with Crippen molar-refractivity contribution in [2.45, 2.75) is 46.0 Å². The highest BCUT2D eigenvalue weighted by atomic mass is 14.7. The number of pyridine rings is 2. The van der Waals surface area contributed by atoms with E-state index in [0.29, 0.717) is 0 Å². The molecule has 0 N–H and O–H groups in total. The van der Waals surface area contributed by atoms with E-state index in [1.807, 2.05) is 24.7 Å². The molecule has 0 aliphatic rings. The Morgan fingerprint density at radius 2 is 1.74 bits per heavy atom. The van der Waals surface area contributed by atoms with Crippen LogP contribution in [0.4, 0.5) is 0 Å². The van der Waals surface area contributed by atoms with Gasteiger partial charge < -0.3 is 0 Å². The molecular weight excluding hydrogens is 280 g/mol. The van der Waals surface area contributed by atoms with Gasteiger partial charge in [0.1, 0.15) is 0 Å². The van der Waals surface area contributed by atoms with Crippen molar-refractivity contribution in [1.29, 1.82) is 0 Å². The van der Waals surface area contributed by atoms with Crippen LogP contribution in [0.1, 0.15) is 44.7 Å². The van der Waals surface area contributed by atoms with Crippen molar-refractivity contribution in [3.63, 3.8) is 0 Å². The molecule has 1 aromatic carbocycles. The lowest BCUT2D eigenvalue weighted by Crippen LogP contribution is -2.19. The lowest BCUT2D eigenvalue weighted by atomic mass is 9.76. The third kappa shape index (κ3) is 2.98. The van der Waals surface area contributed by atoms with E-state index in [1.165, 1.54) is 16.7 Å². The van der Waals surface area contributed by atoms with Crippen molar-refractivity contribution >= 4 is 10.8 Å². The maximum atomic E-state index is 4.67. The maximum absolute atomic E-state index is 4.67. The van der Waals surface area contributed by atoms with Crippen LogP contribution >= 0.6 is 0 Å². The highest BCUT2D eigenvalue weighted by molar-refractivity contribution is 5.84. The summed E-state index contributed by atoms with van der Waals surface area (Å²) in [6, 6.07) is 11.0. The quantitative estimate of drug-likeness (QED) is 0.619. The average Bonchev–Trinajstić information content (AvgIpc) is 2.60. The Hall–Kier alpha value is -2.22. The Labute approximate surface area is 138 Å². The molecule has 0 aliphatic heterocycles. The van der Waals surface area contributed by atoms with Gasteiger partial charge in [-0.15, -0.1) is 0 Å². The SMILES string of the molecule is CCC(C)(CC)c1cc(C)cc(-c2cc3cnccc3cn2)c1. The summed E-state index contributed by atoms with van der Waals surface area (Å²) in [7, 11) is 0. The van der Waals surface area contributed by atoms with E-state index in [4.69, 9.17) is 0 Å². The zero-order chi connectivity index (χ0) is 16.4. The van der Waals surface area contributed by atoms with E-state index in [-0.39, 0.29) is 5.41 Å². The van der Waals surface area contributed by atoms with E-state index in [1.54, 1.807) is 0 Å². The number of aryl methyl sites for hydroxylation is 1. The molecule has 0 atom stereocenters. The van der Waals surface area contributed by atoms with Gasteiger partial charge in [-0.1, -0.05) is 32.4 Å². The largest absolute Gasteiger partial charge is 0.264 e. The zero-order valence-electron chi connectivity index (χ0n) is 14.4. The fourth-order valence-corrected chi connectivity index (χ4v) is 3.07. The Morgan fingerprint density at radius 3 is 2.48 bits per heavy atom. The predicted octanol–water partition coefficient (Wildman–Crippen LogP) is 5.68. The van der Waals surface area contributed by atoms with Crippen LogP contribution in [0.25, 0.3) is 22.0 Å². The maximum Gasteiger partial charge on any atom is 0.0709 e. The van der Waals surface area contributed by atoms with Crippen molar-refractivity contribution < 1.29 is 0 Å². The average molecular weight is 304 g/mol. The molecule has 118 valence electrons. The van der Waals surface area contributed by atoms with Crippen LogP contribution in [-0.2, 0) is 5.41 Å². The molecule has 3 rings (SSSR count). The van der Waals surface area contributed by atoms with E-state index in [0.717, 1.165) is 29.3 Å². The van der Waals surface area contributed by atoms with Gasteiger partial charge >= 0.3 is 0 Å². The first-order chi connectivity index (χ1) is 11.1. The first kappa shape index (κ1) is 15.7. The molecule has 2 heterocycles. The number of benzene rings is 1. The normalized spacial score (nSPS) is 11.8. The van der Waals surface area contributed by atoms with Gasteiger partial charge in [-0.05, 0) is 55.0 Å². The van der Waals surface area contributed by atoms with Crippen LogP contribution in [0, 0.1) is 6.92 Å². The Bertz CT molecular complexity index is 832. The zero-order valence-corrected chi connectivity index (χ0v) is 14.4. The molecule has 0 radical (unpaired) electrons. The number of nitrogens with zero attached hydrogens (tertiary/aromatic N) is 2. The Balaban J connectivity index is 2.13. The number of rotatable bonds is 4. The first-order valence-electron chi connectivity index (χ1n) is 8.38. The number of hydrogen-bond donors (Lipinski definition) is 0. The van der Waals surface area contributed by atoms with Gasteiger partial charge in [-0.2, -0.15) is 0 Å². The van der Waals surface area contributed by atoms with Gasteiger partial charge in [-0.3, -0.25) is 9.97 Å². The highest BCUT2D eigenvalue weighted by Gasteiger charge is 2.23. The van der Waals surface area contributed by atoms with Gasteiger partial charge in [0.2, 0.25) is 0 Å². The van der Waals surface area contributed by atoms with Crippen molar-refractivity contribution in [3.8, 4) is 11.3 Å². The van der Waals surface area contributed by atoms with E-state index in [2.05, 4.69) is 61.9 Å². The van der Waals surface area contributed by atoms with Gasteiger partial charge in [0.15, 0.2) is 0 Å². The third-order valence-electron chi connectivity index (χ3n) is 5.15. The smallest absolute Gasteiger partial charge is 0.0709 e. The molecule has 0 unspecified atom stereocenters. The summed E-state index contributed by atoms with van der Waals surface area (Å²) in [5.74, 6) is 0. The third-order valence-corrected chi connectivity index (χ3v) is 5.15. The number of hydrogen-bond acceptors (Lipinski definition) is 2. The van der Waals surface area contributed by atoms with Crippen LogP contribution in [0.5, 0.6) is 0 Å². The fourth-order valence-electron chi connectivity index (χ4n) is 3.07. The molecule has 0 fully saturated rings. The summed E-state index contributed by atoms with van der Waals surface area (Å²) in [5, 5.41) is 2.26. The Morgan fingerprint density at radius 1 is 0.957 bits per heavy atom. The van der Waals surface area contributed by atoms with E-state index in [9.17, 15) is 0 Å². The molecule has 0 spiro atoms. The standard InChI is InChI=1S/C21H24N2/c1-5-21(4,6-2)19-10-15(3)9-17(11-19)20-12-18-13-22-8-7-16(18)14-23-20/h7-14H,5-6H2,1-4H3. The summed E-state index contributed by atoms with van der Waals surface area (Å²) in [6.45, 7) is 9.06. The molecule has 2 aromatic heterocycles. The second-order valence-electron chi connectivity index (χ2n) is 6.65.